The number of anilines is 1. The molecule has 2 N–H and O–H groups in total. The smallest absolute Gasteiger partial charge is 0.311 e. The van der Waals surface area contributed by atoms with Crippen molar-refractivity contribution in [3.05, 3.63) is 15.9 Å². The molecule has 2 unspecified atom stereocenters. The molecule has 3 heterocycles. The van der Waals surface area contributed by atoms with E-state index in [-0.39, 0.29) is 29.0 Å². The van der Waals surface area contributed by atoms with Crippen LogP contribution < -0.4 is 10.6 Å². The molecule has 1 aliphatic heterocycles. The highest BCUT2D eigenvalue weighted by Gasteiger charge is 2.35. The van der Waals surface area contributed by atoms with Crippen LogP contribution in [0.25, 0.3) is 10.3 Å². The standard InChI is InChI=1S/C14H18N4O4S/c1-3-8(21-7(2)19)9-4-5-11(22-9)18-12-10(23-14(18)20)6-16-13(15)17-12/h6,8-9,11H,3-5H2,1-2H3,(H2,15,16,17)/t8-,9?,11?/m0/s1. The van der Waals surface area contributed by atoms with Crippen LogP contribution in [0.5, 0.6) is 0 Å². The third-order valence-electron chi connectivity index (χ3n) is 3.83. The second kappa shape index (κ2) is 6.25. The lowest BCUT2D eigenvalue weighted by atomic mass is 10.1. The molecular weight excluding hydrogens is 320 g/mol. The summed E-state index contributed by atoms with van der Waals surface area (Å²) in [6.45, 7) is 3.32. The average molecular weight is 338 g/mol. The maximum Gasteiger partial charge on any atom is 0.311 e. The van der Waals surface area contributed by atoms with Crippen molar-refractivity contribution < 1.29 is 14.3 Å². The number of fused-ring (bicyclic) bond motifs is 1. The normalized spacial score (nSPS) is 22.3. The quantitative estimate of drug-likeness (QED) is 0.840. The topological polar surface area (TPSA) is 109 Å². The minimum Gasteiger partial charge on any atom is -0.460 e. The third-order valence-corrected chi connectivity index (χ3v) is 4.71. The van der Waals surface area contributed by atoms with E-state index in [1.165, 1.54) is 11.5 Å². The molecule has 0 aromatic carbocycles. The Morgan fingerprint density at radius 1 is 1.61 bits per heavy atom. The molecule has 3 rings (SSSR count). The van der Waals surface area contributed by atoms with Gasteiger partial charge in [-0.05, 0) is 19.3 Å². The highest BCUT2D eigenvalue weighted by atomic mass is 32.1. The summed E-state index contributed by atoms with van der Waals surface area (Å²) in [4.78, 5) is 31.3. The zero-order valence-corrected chi connectivity index (χ0v) is 13.7. The number of ether oxygens (including phenoxy) is 2. The van der Waals surface area contributed by atoms with Gasteiger partial charge in [-0.25, -0.2) is 4.98 Å². The molecule has 1 fully saturated rings. The fourth-order valence-corrected chi connectivity index (χ4v) is 3.68. The summed E-state index contributed by atoms with van der Waals surface area (Å²) in [5, 5.41) is 0. The van der Waals surface area contributed by atoms with Gasteiger partial charge < -0.3 is 15.2 Å². The molecule has 124 valence electrons. The van der Waals surface area contributed by atoms with Crippen molar-refractivity contribution in [1.29, 1.82) is 0 Å². The predicted molar refractivity (Wildman–Crippen MR) is 85.1 cm³/mol. The maximum atomic E-state index is 12.3. The number of hydrogen-bond donors (Lipinski definition) is 1. The molecule has 0 spiro atoms. The molecule has 9 heteroatoms. The second-order valence-corrected chi connectivity index (χ2v) is 6.41. The highest BCUT2D eigenvalue weighted by Crippen LogP contribution is 2.33. The van der Waals surface area contributed by atoms with Gasteiger partial charge in [0.25, 0.3) is 0 Å². The number of carbonyl (C=O) groups is 1. The van der Waals surface area contributed by atoms with E-state index < -0.39 is 6.23 Å². The van der Waals surface area contributed by atoms with Gasteiger partial charge in [-0.2, -0.15) is 4.98 Å². The summed E-state index contributed by atoms with van der Waals surface area (Å²) in [6.07, 6.45) is 2.60. The number of nitrogens with two attached hydrogens (primary N) is 1. The first-order valence-corrected chi connectivity index (χ1v) is 8.27. The van der Waals surface area contributed by atoms with Crippen LogP contribution >= 0.6 is 11.3 Å². The van der Waals surface area contributed by atoms with E-state index in [0.29, 0.717) is 29.6 Å². The van der Waals surface area contributed by atoms with E-state index in [9.17, 15) is 9.59 Å². The Labute approximate surface area is 136 Å². The summed E-state index contributed by atoms with van der Waals surface area (Å²) in [5.41, 5.74) is 6.11. The zero-order chi connectivity index (χ0) is 16.6. The summed E-state index contributed by atoms with van der Waals surface area (Å²) in [5.74, 6) is -0.215. The van der Waals surface area contributed by atoms with E-state index in [2.05, 4.69) is 9.97 Å². The lowest BCUT2D eigenvalue weighted by Crippen LogP contribution is -2.31. The SMILES string of the molecule is CC[C@H](OC(C)=O)C1CCC(n2c(=O)sc3cnc(N)nc32)O1. The summed E-state index contributed by atoms with van der Waals surface area (Å²) in [6, 6.07) is 0. The molecule has 8 nitrogen and oxygen atoms in total. The van der Waals surface area contributed by atoms with E-state index in [4.69, 9.17) is 15.2 Å². The summed E-state index contributed by atoms with van der Waals surface area (Å²) in [7, 11) is 0. The van der Waals surface area contributed by atoms with Crippen molar-refractivity contribution >= 4 is 33.6 Å². The van der Waals surface area contributed by atoms with Crippen molar-refractivity contribution in [2.24, 2.45) is 0 Å². The van der Waals surface area contributed by atoms with E-state index in [1.807, 2.05) is 6.92 Å². The number of nitrogens with zero attached hydrogens (tertiary/aromatic N) is 3. The number of aromatic nitrogens is 3. The number of nitrogen functional groups attached to an aromatic ring is 1. The van der Waals surface area contributed by atoms with Crippen LogP contribution in [0.4, 0.5) is 5.95 Å². The predicted octanol–water partition coefficient (Wildman–Crippen LogP) is 1.45. The molecule has 1 saturated heterocycles. The summed E-state index contributed by atoms with van der Waals surface area (Å²) >= 11 is 1.06. The Bertz CT molecular complexity index is 787. The van der Waals surface area contributed by atoms with Crippen molar-refractivity contribution in [3.63, 3.8) is 0 Å². The number of thiazole rings is 1. The molecule has 0 amide bonds. The van der Waals surface area contributed by atoms with Crippen molar-refractivity contribution in [2.45, 2.75) is 51.5 Å². The Kier molecular flexibility index (Phi) is 4.31. The van der Waals surface area contributed by atoms with Crippen molar-refractivity contribution in [3.8, 4) is 0 Å². The second-order valence-electron chi connectivity index (χ2n) is 5.42. The van der Waals surface area contributed by atoms with Gasteiger partial charge >= 0.3 is 10.8 Å². The van der Waals surface area contributed by atoms with Crippen LogP contribution in [-0.4, -0.2) is 32.7 Å². The first-order chi connectivity index (χ1) is 11.0. The van der Waals surface area contributed by atoms with Crippen LogP contribution in [0, 0.1) is 0 Å². The van der Waals surface area contributed by atoms with Gasteiger partial charge in [-0.15, -0.1) is 0 Å². The molecule has 0 saturated carbocycles. The minimum atomic E-state index is -0.430. The zero-order valence-electron chi connectivity index (χ0n) is 12.9. The Hall–Kier alpha value is -2.00. The van der Waals surface area contributed by atoms with Crippen molar-refractivity contribution in [1.82, 2.24) is 14.5 Å². The number of rotatable bonds is 4. The molecule has 23 heavy (non-hydrogen) atoms. The molecule has 2 aromatic rings. The lowest BCUT2D eigenvalue weighted by molar-refractivity contribution is -0.156. The number of esters is 1. The molecular formula is C14H18N4O4S. The van der Waals surface area contributed by atoms with Gasteiger partial charge in [-0.3, -0.25) is 14.2 Å². The Morgan fingerprint density at radius 3 is 3.09 bits per heavy atom. The van der Waals surface area contributed by atoms with Gasteiger partial charge in [0.05, 0.1) is 17.0 Å². The van der Waals surface area contributed by atoms with Crippen LogP contribution in [0.15, 0.2) is 11.0 Å². The highest BCUT2D eigenvalue weighted by molar-refractivity contribution is 7.16. The van der Waals surface area contributed by atoms with Crippen molar-refractivity contribution in [2.75, 3.05) is 5.73 Å². The molecule has 3 atom stereocenters. The Morgan fingerprint density at radius 2 is 2.39 bits per heavy atom. The van der Waals surface area contributed by atoms with Gasteiger partial charge in [0.2, 0.25) is 5.95 Å². The number of hydrogen-bond acceptors (Lipinski definition) is 8. The first-order valence-electron chi connectivity index (χ1n) is 7.45. The average Bonchev–Trinajstić information content (AvgIpc) is 3.08. The van der Waals surface area contributed by atoms with Gasteiger partial charge in [0.1, 0.15) is 12.3 Å². The third kappa shape index (κ3) is 3.06. The van der Waals surface area contributed by atoms with Crippen LogP contribution in [0.2, 0.25) is 0 Å². The van der Waals surface area contributed by atoms with E-state index in [0.717, 1.165) is 11.3 Å². The maximum absolute atomic E-state index is 12.3. The van der Waals surface area contributed by atoms with E-state index >= 15 is 0 Å². The van der Waals surface area contributed by atoms with Crippen LogP contribution in [0.3, 0.4) is 0 Å². The van der Waals surface area contributed by atoms with Crippen LogP contribution in [0.1, 0.15) is 39.3 Å². The first kappa shape index (κ1) is 15.9. The molecule has 2 aromatic heterocycles. The molecule has 0 bridgehead atoms. The van der Waals surface area contributed by atoms with Crippen LogP contribution in [-0.2, 0) is 14.3 Å². The molecule has 1 aliphatic rings. The minimum absolute atomic E-state index is 0.116. The lowest BCUT2D eigenvalue weighted by Gasteiger charge is -2.22. The molecule has 0 aliphatic carbocycles. The van der Waals surface area contributed by atoms with Gasteiger partial charge in [0, 0.05) is 6.92 Å². The van der Waals surface area contributed by atoms with Gasteiger partial charge in [-0.1, -0.05) is 18.3 Å². The fraction of sp³-hybridized carbons (Fsp3) is 0.571. The molecule has 0 radical (unpaired) electrons. The van der Waals surface area contributed by atoms with Gasteiger partial charge in [0.15, 0.2) is 5.65 Å². The largest absolute Gasteiger partial charge is 0.460 e. The monoisotopic (exact) mass is 338 g/mol. The Balaban J connectivity index is 1.87. The summed E-state index contributed by atoms with van der Waals surface area (Å²) < 4.78 is 13.5. The van der Waals surface area contributed by atoms with E-state index in [1.54, 1.807) is 6.20 Å². The number of carbonyl (C=O) groups excluding carboxylic acids is 1. The fourth-order valence-electron chi connectivity index (χ4n) is 2.85.